The number of hydrogen-bond donors (Lipinski definition) is 0. The van der Waals surface area contributed by atoms with Gasteiger partial charge < -0.3 is 9.47 Å². The third kappa shape index (κ3) is 3.33. The Labute approximate surface area is 121 Å². The summed E-state index contributed by atoms with van der Waals surface area (Å²) < 4.78 is 11.7. The van der Waals surface area contributed by atoms with Crippen molar-refractivity contribution >= 4 is 0 Å². The fraction of sp³-hybridized carbons (Fsp3) is 0.647. The summed E-state index contributed by atoms with van der Waals surface area (Å²) in [6.45, 7) is 8.05. The Bertz CT molecular complexity index is 450. The Morgan fingerprint density at radius 3 is 2.70 bits per heavy atom. The zero-order valence-electron chi connectivity index (χ0n) is 12.6. The van der Waals surface area contributed by atoms with Crippen LogP contribution in [0.2, 0.25) is 0 Å². The Balaban J connectivity index is 1.48. The topological polar surface area (TPSA) is 21.7 Å². The van der Waals surface area contributed by atoms with E-state index >= 15 is 0 Å². The Kier molecular flexibility index (Phi) is 4.27. The third-order valence-corrected chi connectivity index (χ3v) is 4.24. The molecule has 0 bridgehead atoms. The normalized spacial score (nSPS) is 26.5. The lowest BCUT2D eigenvalue weighted by atomic mass is 10.1. The fourth-order valence-electron chi connectivity index (χ4n) is 3.40. The summed E-state index contributed by atoms with van der Waals surface area (Å²) in [4.78, 5) is 2.44. The maximum atomic E-state index is 5.92. The molecule has 2 aliphatic rings. The van der Waals surface area contributed by atoms with Crippen LogP contribution in [0.25, 0.3) is 0 Å². The molecule has 1 aromatic carbocycles. The molecule has 0 radical (unpaired) electrons. The molecular formula is C17H25NO2. The van der Waals surface area contributed by atoms with Crippen molar-refractivity contribution in [1.82, 2.24) is 4.90 Å². The first-order valence-electron chi connectivity index (χ1n) is 7.83. The second-order valence-electron chi connectivity index (χ2n) is 6.15. The summed E-state index contributed by atoms with van der Waals surface area (Å²) in [5.41, 5.74) is 2.99. The summed E-state index contributed by atoms with van der Waals surface area (Å²) in [5, 5.41) is 0. The van der Waals surface area contributed by atoms with Gasteiger partial charge in [-0.25, -0.2) is 0 Å². The molecule has 0 aromatic heterocycles. The number of benzene rings is 1. The SMILES string of the molecule is C[C@@H]1CN(CCOc2ccc3c(c2)CCC3)C[C@H](C)O1. The minimum Gasteiger partial charge on any atom is -0.492 e. The predicted molar refractivity (Wildman–Crippen MR) is 80.4 cm³/mol. The minimum absolute atomic E-state index is 0.332. The lowest BCUT2D eigenvalue weighted by molar-refractivity contribution is -0.0699. The number of rotatable bonds is 4. The van der Waals surface area contributed by atoms with Gasteiger partial charge in [0.15, 0.2) is 0 Å². The average Bonchev–Trinajstić information content (AvgIpc) is 2.85. The summed E-state index contributed by atoms with van der Waals surface area (Å²) in [7, 11) is 0. The van der Waals surface area contributed by atoms with Crippen LogP contribution < -0.4 is 4.74 Å². The first-order valence-corrected chi connectivity index (χ1v) is 7.83. The van der Waals surface area contributed by atoms with Crippen molar-refractivity contribution in [1.29, 1.82) is 0 Å². The molecule has 3 heteroatoms. The molecule has 0 saturated carbocycles. The van der Waals surface area contributed by atoms with Crippen LogP contribution in [0.5, 0.6) is 5.75 Å². The molecule has 0 amide bonds. The smallest absolute Gasteiger partial charge is 0.119 e. The lowest BCUT2D eigenvalue weighted by Crippen LogP contribution is -2.46. The molecular weight excluding hydrogens is 250 g/mol. The van der Waals surface area contributed by atoms with Crippen molar-refractivity contribution in [3.63, 3.8) is 0 Å². The molecule has 1 fully saturated rings. The second kappa shape index (κ2) is 6.15. The number of hydrogen-bond acceptors (Lipinski definition) is 3. The van der Waals surface area contributed by atoms with E-state index in [0.29, 0.717) is 12.2 Å². The largest absolute Gasteiger partial charge is 0.492 e. The Morgan fingerprint density at radius 2 is 1.90 bits per heavy atom. The maximum Gasteiger partial charge on any atom is 0.119 e. The van der Waals surface area contributed by atoms with E-state index in [1.165, 1.54) is 30.4 Å². The first-order chi connectivity index (χ1) is 9.70. The van der Waals surface area contributed by atoms with Gasteiger partial charge in [-0.15, -0.1) is 0 Å². The zero-order valence-corrected chi connectivity index (χ0v) is 12.6. The van der Waals surface area contributed by atoms with Crippen molar-refractivity contribution in [3.8, 4) is 5.75 Å². The molecule has 0 unspecified atom stereocenters. The molecule has 0 N–H and O–H groups in total. The third-order valence-electron chi connectivity index (χ3n) is 4.24. The first kappa shape index (κ1) is 13.9. The van der Waals surface area contributed by atoms with Crippen molar-refractivity contribution < 1.29 is 9.47 Å². The Morgan fingerprint density at radius 1 is 1.15 bits per heavy atom. The van der Waals surface area contributed by atoms with Gasteiger partial charge in [-0.2, -0.15) is 0 Å². The number of fused-ring (bicyclic) bond motifs is 1. The summed E-state index contributed by atoms with van der Waals surface area (Å²) in [6, 6.07) is 6.58. The fourth-order valence-corrected chi connectivity index (χ4v) is 3.40. The van der Waals surface area contributed by atoms with Crippen LogP contribution in [0.15, 0.2) is 18.2 Å². The standard InChI is InChI=1S/C17H25NO2/c1-13-11-18(12-14(2)20-13)8-9-19-17-7-6-15-4-3-5-16(15)10-17/h6-7,10,13-14H,3-5,8-9,11-12H2,1-2H3/t13-,14+. The van der Waals surface area contributed by atoms with Gasteiger partial charge in [0.25, 0.3) is 0 Å². The highest BCUT2D eigenvalue weighted by molar-refractivity contribution is 5.38. The molecule has 1 heterocycles. The van der Waals surface area contributed by atoms with Gasteiger partial charge in [-0.3, -0.25) is 4.90 Å². The van der Waals surface area contributed by atoms with E-state index in [1.54, 1.807) is 0 Å². The van der Waals surface area contributed by atoms with Gasteiger partial charge >= 0.3 is 0 Å². The second-order valence-corrected chi connectivity index (χ2v) is 6.15. The zero-order chi connectivity index (χ0) is 13.9. The Hall–Kier alpha value is -1.06. The highest BCUT2D eigenvalue weighted by atomic mass is 16.5. The van der Waals surface area contributed by atoms with E-state index in [9.17, 15) is 0 Å². The molecule has 1 aromatic rings. The van der Waals surface area contributed by atoms with Crippen molar-refractivity contribution in [2.75, 3.05) is 26.2 Å². The highest BCUT2D eigenvalue weighted by Crippen LogP contribution is 2.26. The van der Waals surface area contributed by atoms with Gasteiger partial charge in [0.1, 0.15) is 12.4 Å². The summed E-state index contributed by atoms with van der Waals surface area (Å²) in [6.07, 6.45) is 4.41. The molecule has 1 saturated heterocycles. The van der Waals surface area contributed by atoms with E-state index in [-0.39, 0.29) is 0 Å². The molecule has 3 rings (SSSR count). The monoisotopic (exact) mass is 275 g/mol. The maximum absolute atomic E-state index is 5.92. The van der Waals surface area contributed by atoms with Gasteiger partial charge in [0, 0.05) is 19.6 Å². The van der Waals surface area contributed by atoms with Crippen LogP contribution in [0.4, 0.5) is 0 Å². The molecule has 20 heavy (non-hydrogen) atoms. The van der Waals surface area contributed by atoms with E-state index < -0.39 is 0 Å². The van der Waals surface area contributed by atoms with E-state index in [0.717, 1.165) is 32.0 Å². The highest BCUT2D eigenvalue weighted by Gasteiger charge is 2.21. The molecule has 1 aliphatic carbocycles. The number of nitrogens with zero attached hydrogens (tertiary/aromatic N) is 1. The van der Waals surface area contributed by atoms with Gasteiger partial charge in [0.05, 0.1) is 12.2 Å². The van der Waals surface area contributed by atoms with Crippen LogP contribution in [0.1, 0.15) is 31.4 Å². The molecule has 3 nitrogen and oxygen atoms in total. The number of morpholine rings is 1. The van der Waals surface area contributed by atoms with E-state index in [2.05, 4.69) is 36.9 Å². The molecule has 110 valence electrons. The van der Waals surface area contributed by atoms with Crippen LogP contribution in [0, 0.1) is 0 Å². The van der Waals surface area contributed by atoms with Crippen molar-refractivity contribution in [2.45, 2.75) is 45.3 Å². The van der Waals surface area contributed by atoms with Gasteiger partial charge in [0.2, 0.25) is 0 Å². The predicted octanol–water partition coefficient (Wildman–Crippen LogP) is 2.66. The number of aryl methyl sites for hydroxylation is 2. The van der Waals surface area contributed by atoms with Crippen LogP contribution in [-0.4, -0.2) is 43.3 Å². The van der Waals surface area contributed by atoms with Crippen molar-refractivity contribution in [2.24, 2.45) is 0 Å². The van der Waals surface area contributed by atoms with Crippen molar-refractivity contribution in [3.05, 3.63) is 29.3 Å². The van der Waals surface area contributed by atoms with E-state index in [4.69, 9.17) is 9.47 Å². The average molecular weight is 275 g/mol. The molecule has 2 atom stereocenters. The van der Waals surface area contributed by atoms with Crippen LogP contribution in [-0.2, 0) is 17.6 Å². The van der Waals surface area contributed by atoms with Crippen LogP contribution in [0.3, 0.4) is 0 Å². The van der Waals surface area contributed by atoms with Crippen LogP contribution >= 0.6 is 0 Å². The molecule has 0 spiro atoms. The quantitative estimate of drug-likeness (QED) is 0.843. The summed E-state index contributed by atoms with van der Waals surface area (Å²) in [5.74, 6) is 1.03. The number of ether oxygens (including phenoxy) is 2. The lowest BCUT2D eigenvalue weighted by Gasteiger charge is -2.35. The van der Waals surface area contributed by atoms with Gasteiger partial charge in [-0.1, -0.05) is 6.07 Å². The summed E-state index contributed by atoms with van der Waals surface area (Å²) >= 11 is 0. The van der Waals surface area contributed by atoms with E-state index in [1.807, 2.05) is 0 Å². The minimum atomic E-state index is 0.332. The molecule has 1 aliphatic heterocycles. The van der Waals surface area contributed by atoms with Gasteiger partial charge in [-0.05, 0) is 56.4 Å².